The summed E-state index contributed by atoms with van der Waals surface area (Å²) in [6, 6.07) is 4.95. The lowest BCUT2D eigenvalue weighted by Gasteiger charge is -2.44. The molecule has 34 heavy (non-hydrogen) atoms. The van der Waals surface area contributed by atoms with Gasteiger partial charge in [0.2, 0.25) is 0 Å². The van der Waals surface area contributed by atoms with Gasteiger partial charge in [-0.1, -0.05) is 0 Å². The van der Waals surface area contributed by atoms with Gasteiger partial charge in [-0.15, -0.1) is 0 Å². The van der Waals surface area contributed by atoms with Crippen molar-refractivity contribution in [1.82, 2.24) is 4.90 Å². The van der Waals surface area contributed by atoms with Crippen molar-refractivity contribution in [2.24, 2.45) is 5.73 Å². The number of amides is 2. The van der Waals surface area contributed by atoms with Gasteiger partial charge in [-0.25, -0.2) is 8.78 Å². The zero-order valence-corrected chi connectivity index (χ0v) is 18.5. The van der Waals surface area contributed by atoms with Crippen LogP contribution in [0.1, 0.15) is 47.2 Å². The Bertz CT molecular complexity index is 1130. The van der Waals surface area contributed by atoms with Gasteiger partial charge in [-0.3, -0.25) is 9.59 Å². The van der Waals surface area contributed by atoms with Crippen LogP contribution in [0.2, 0.25) is 0 Å². The lowest BCUT2D eigenvalue weighted by molar-refractivity contribution is -0.168. The van der Waals surface area contributed by atoms with Crippen LogP contribution < -0.4 is 11.1 Å². The minimum Gasteiger partial charge on any atom is -0.388 e. The van der Waals surface area contributed by atoms with Gasteiger partial charge >= 0.3 is 5.92 Å². The molecule has 2 aliphatic rings. The number of aryl methyl sites for hydroxylation is 1. The lowest BCUT2D eigenvalue weighted by Crippen LogP contribution is -2.58. The van der Waals surface area contributed by atoms with Gasteiger partial charge in [-0.05, 0) is 74.6 Å². The number of hydrogen-bond donors (Lipinski definition) is 3. The van der Waals surface area contributed by atoms with Crippen LogP contribution in [-0.4, -0.2) is 46.1 Å². The van der Waals surface area contributed by atoms with Crippen molar-refractivity contribution in [1.29, 1.82) is 0 Å². The van der Waals surface area contributed by atoms with Crippen molar-refractivity contribution in [3.8, 4) is 0 Å². The molecule has 0 aromatic heterocycles. The normalized spacial score (nSPS) is 24.3. The van der Waals surface area contributed by atoms with Crippen molar-refractivity contribution < 1.29 is 32.3 Å². The van der Waals surface area contributed by atoms with E-state index in [1.54, 1.807) is 0 Å². The summed E-state index contributed by atoms with van der Waals surface area (Å²) in [6.45, 7) is 1.45. The molecule has 4 rings (SSSR count). The molecule has 0 saturated carbocycles. The third kappa shape index (κ3) is 4.27. The van der Waals surface area contributed by atoms with E-state index in [4.69, 9.17) is 5.73 Å². The van der Waals surface area contributed by atoms with Crippen LogP contribution in [0.4, 0.5) is 23.2 Å². The van der Waals surface area contributed by atoms with Crippen LogP contribution in [0, 0.1) is 18.6 Å². The second kappa shape index (κ2) is 8.66. The summed E-state index contributed by atoms with van der Waals surface area (Å²) >= 11 is 0. The predicted molar refractivity (Wildman–Crippen MR) is 116 cm³/mol. The van der Waals surface area contributed by atoms with Crippen LogP contribution in [0.15, 0.2) is 36.4 Å². The molecule has 0 aliphatic carbocycles. The standard InChI is InChI=1S/C24H25F4N3O3/c1-13-8-15(3-7-19(13)25)30-21(32)14-2-6-20(26)18(9-14)24(27,28)22(33)31-16-4-5-17(31)11-23(34,10-16)12-29/h2-3,6-9,16-17,34H,4-5,10-12,29H2,1H3,(H,30,32). The molecule has 2 aromatic rings. The van der Waals surface area contributed by atoms with Crippen molar-refractivity contribution in [3.05, 3.63) is 64.7 Å². The molecule has 2 unspecified atom stereocenters. The number of nitrogens with zero attached hydrogens (tertiary/aromatic N) is 1. The van der Waals surface area contributed by atoms with Crippen molar-refractivity contribution in [3.63, 3.8) is 0 Å². The zero-order valence-electron chi connectivity index (χ0n) is 18.5. The van der Waals surface area contributed by atoms with Gasteiger partial charge in [-0.2, -0.15) is 8.78 Å². The van der Waals surface area contributed by atoms with Gasteiger partial charge < -0.3 is 21.1 Å². The average Bonchev–Trinajstić information content (AvgIpc) is 3.07. The quantitative estimate of drug-likeness (QED) is 0.573. The second-order valence-electron chi connectivity index (χ2n) is 9.12. The minimum atomic E-state index is -4.23. The Balaban J connectivity index is 1.58. The summed E-state index contributed by atoms with van der Waals surface area (Å²) in [4.78, 5) is 26.6. The van der Waals surface area contributed by atoms with E-state index in [-0.39, 0.29) is 36.2 Å². The van der Waals surface area contributed by atoms with Crippen molar-refractivity contribution >= 4 is 17.5 Å². The first-order valence-electron chi connectivity index (χ1n) is 11.0. The maximum Gasteiger partial charge on any atom is 0.352 e. The van der Waals surface area contributed by atoms with Gasteiger partial charge in [0.25, 0.3) is 11.8 Å². The molecule has 6 nitrogen and oxygen atoms in total. The number of alkyl halides is 2. The Kier molecular flexibility index (Phi) is 6.15. The summed E-state index contributed by atoms with van der Waals surface area (Å²) in [6.07, 6.45) is 1.03. The first-order valence-corrected chi connectivity index (χ1v) is 11.0. The summed E-state index contributed by atoms with van der Waals surface area (Å²) in [7, 11) is 0. The second-order valence-corrected chi connectivity index (χ2v) is 9.12. The maximum atomic E-state index is 15.3. The Morgan fingerprint density at radius 3 is 2.32 bits per heavy atom. The largest absolute Gasteiger partial charge is 0.388 e. The Morgan fingerprint density at radius 2 is 1.74 bits per heavy atom. The Labute approximate surface area is 193 Å². The average molecular weight is 479 g/mol. The molecule has 0 spiro atoms. The molecule has 2 aliphatic heterocycles. The molecule has 10 heteroatoms. The summed E-state index contributed by atoms with van der Waals surface area (Å²) in [5.74, 6) is -8.41. The highest BCUT2D eigenvalue weighted by Gasteiger charge is 2.55. The number of hydrogen-bond acceptors (Lipinski definition) is 4. The highest BCUT2D eigenvalue weighted by Crippen LogP contribution is 2.44. The third-order valence-electron chi connectivity index (χ3n) is 6.72. The van der Waals surface area contributed by atoms with Crippen LogP contribution in [0.3, 0.4) is 0 Å². The smallest absolute Gasteiger partial charge is 0.352 e. The molecular formula is C24H25F4N3O3. The molecule has 2 bridgehead atoms. The highest BCUT2D eigenvalue weighted by atomic mass is 19.3. The van der Waals surface area contributed by atoms with Gasteiger partial charge in [0.1, 0.15) is 11.6 Å². The fourth-order valence-corrected chi connectivity index (χ4v) is 4.93. The maximum absolute atomic E-state index is 15.3. The van der Waals surface area contributed by atoms with Crippen LogP contribution in [-0.2, 0) is 10.7 Å². The first kappa shape index (κ1) is 24.2. The van der Waals surface area contributed by atoms with Gasteiger partial charge in [0, 0.05) is 29.9 Å². The van der Waals surface area contributed by atoms with Crippen LogP contribution >= 0.6 is 0 Å². The van der Waals surface area contributed by atoms with E-state index in [0.29, 0.717) is 25.0 Å². The molecule has 2 amide bonds. The number of carbonyl (C=O) groups is 2. The number of fused-ring (bicyclic) bond motifs is 2. The molecule has 2 atom stereocenters. The number of rotatable bonds is 5. The monoisotopic (exact) mass is 479 g/mol. The topological polar surface area (TPSA) is 95.7 Å². The number of nitrogens with two attached hydrogens (primary N) is 1. The van der Waals surface area contributed by atoms with E-state index in [2.05, 4.69) is 5.32 Å². The molecule has 2 saturated heterocycles. The van der Waals surface area contributed by atoms with E-state index in [1.165, 1.54) is 19.1 Å². The summed E-state index contributed by atoms with van der Waals surface area (Å²) in [5.41, 5.74) is 3.40. The van der Waals surface area contributed by atoms with E-state index >= 15 is 8.78 Å². The number of benzene rings is 2. The molecule has 182 valence electrons. The number of nitrogens with one attached hydrogen (secondary N) is 1. The first-order chi connectivity index (χ1) is 15.9. The minimum absolute atomic E-state index is 0.0439. The number of carbonyl (C=O) groups excluding carboxylic acids is 2. The van der Waals surface area contributed by atoms with Gasteiger partial charge in [0.15, 0.2) is 0 Å². The Morgan fingerprint density at radius 1 is 1.12 bits per heavy atom. The molecule has 2 aromatic carbocycles. The van der Waals surface area contributed by atoms with Crippen LogP contribution in [0.25, 0.3) is 0 Å². The highest BCUT2D eigenvalue weighted by molar-refractivity contribution is 6.04. The lowest BCUT2D eigenvalue weighted by atomic mass is 9.85. The molecule has 2 heterocycles. The van der Waals surface area contributed by atoms with E-state index in [9.17, 15) is 23.5 Å². The Hall–Kier alpha value is -2.98. The van der Waals surface area contributed by atoms with E-state index in [1.807, 2.05) is 0 Å². The summed E-state index contributed by atoms with van der Waals surface area (Å²) in [5, 5.41) is 12.9. The molecule has 0 radical (unpaired) electrons. The van der Waals surface area contributed by atoms with E-state index in [0.717, 1.165) is 17.0 Å². The summed E-state index contributed by atoms with van der Waals surface area (Å²) < 4.78 is 58.6. The molecular weight excluding hydrogens is 454 g/mol. The SMILES string of the molecule is Cc1cc(NC(=O)c2ccc(F)c(C(F)(F)C(=O)N3C4CCC3CC(O)(CN)C4)c2)ccc1F. The number of piperidine rings is 1. The zero-order chi connectivity index (χ0) is 24.8. The number of aliphatic hydroxyl groups is 1. The van der Waals surface area contributed by atoms with Crippen LogP contribution in [0.5, 0.6) is 0 Å². The molecule has 2 fully saturated rings. The van der Waals surface area contributed by atoms with Gasteiger partial charge in [0.05, 0.1) is 11.2 Å². The van der Waals surface area contributed by atoms with Crippen molar-refractivity contribution in [2.75, 3.05) is 11.9 Å². The molecule has 4 N–H and O–H groups in total. The number of halogens is 4. The number of anilines is 1. The fraction of sp³-hybridized carbons (Fsp3) is 0.417. The third-order valence-corrected chi connectivity index (χ3v) is 6.72. The van der Waals surface area contributed by atoms with Crippen molar-refractivity contribution in [2.45, 2.75) is 56.2 Å². The fourth-order valence-electron chi connectivity index (χ4n) is 4.93. The van der Waals surface area contributed by atoms with E-state index < -0.39 is 52.6 Å². The predicted octanol–water partition coefficient (Wildman–Crippen LogP) is 3.46.